The third-order valence-corrected chi connectivity index (χ3v) is 2.51. The summed E-state index contributed by atoms with van der Waals surface area (Å²) in [4.78, 5) is 13.5. The van der Waals surface area contributed by atoms with E-state index in [4.69, 9.17) is 0 Å². The summed E-state index contributed by atoms with van der Waals surface area (Å²) in [5.74, 6) is 1.33. The minimum atomic E-state index is -0.185. The largest absolute Gasteiger partial charge is 0.340 e. The molecule has 2 N–H and O–H groups in total. The van der Waals surface area contributed by atoms with E-state index in [0.29, 0.717) is 5.92 Å². The maximum atomic E-state index is 10.8. The Labute approximate surface area is 70.4 Å². The van der Waals surface area contributed by atoms with Gasteiger partial charge < -0.3 is 0 Å². The van der Waals surface area contributed by atoms with Crippen molar-refractivity contribution in [1.29, 1.82) is 0 Å². The standard InChI is InChI=1S/C8H13N3O/c12-8-9-7(10-11-8)6-4-2-1-3-5-6/h6H,1-5H2,(H2,9,10,11,12). The summed E-state index contributed by atoms with van der Waals surface area (Å²) in [6, 6.07) is 0. The second kappa shape index (κ2) is 3.13. The third kappa shape index (κ3) is 1.42. The molecule has 1 heterocycles. The number of hydrogen-bond donors (Lipinski definition) is 2. The monoisotopic (exact) mass is 167 g/mol. The second-order valence-electron chi connectivity index (χ2n) is 3.40. The van der Waals surface area contributed by atoms with Gasteiger partial charge in [-0.2, -0.15) is 5.10 Å². The number of hydrogen-bond acceptors (Lipinski definition) is 2. The number of rotatable bonds is 1. The van der Waals surface area contributed by atoms with Crippen LogP contribution in [0.5, 0.6) is 0 Å². The summed E-state index contributed by atoms with van der Waals surface area (Å²) in [6.45, 7) is 0. The Hall–Kier alpha value is -1.06. The van der Waals surface area contributed by atoms with Gasteiger partial charge in [0.05, 0.1) is 0 Å². The lowest BCUT2D eigenvalue weighted by molar-refractivity contribution is 0.429. The Morgan fingerprint density at radius 2 is 2.00 bits per heavy atom. The third-order valence-electron chi connectivity index (χ3n) is 2.51. The fourth-order valence-electron chi connectivity index (χ4n) is 1.85. The van der Waals surface area contributed by atoms with Gasteiger partial charge in [-0.1, -0.05) is 19.3 Å². The molecule has 4 nitrogen and oxygen atoms in total. The van der Waals surface area contributed by atoms with E-state index in [0.717, 1.165) is 5.82 Å². The molecule has 0 amide bonds. The van der Waals surface area contributed by atoms with Crippen LogP contribution in [0.1, 0.15) is 43.8 Å². The van der Waals surface area contributed by atoms with Gasteiger partial charge in [0.15, 0.2) is 0 Å². The van der Waals surface area contributed by atoms with E-state index in [1.165, 1.54) is 32.1 Å². The number of aromatic nitrogens is 3. The molecule has 0 saturated heterocycles. The fraction of sp³-hybridized carbons (Fsp3) is 0.750. The van der Waals surface area contributed by atoms with Crippen LogP contribution in [0.15, 0.2) is 4.79 Å². The lowest BCUT2D eigenvalue weighted by atomic mass is 9.89. The molecule has 0 radical (unpaired) electrons. The zero-order valence-electron chi connectivity index (χ0n) is 6.97. The van der Waals surface area contributed by atoms with Crippen LogP contribution in [0.3, 0.4) is 0 Å². The van der Waals surface area contributed by atoms with Crippen LogP contribution in [-0.2, 0) is 0 Å². The van der Waals surface area contributed by atoms with E-state index in [1.54, 1.807) is 0 Å². The Bertz CT molecular complexity index is 295. The van der Waals surface area contributed by atoms with Crippen LogP contribution in [0.4, 0.5) is 0 Å². The molecule has 0 unspecified atom stereocenters. The van der Waals surface area contributed by atoms with E-state index in [1.807, 2.05) is 0 Å². The molecule has 4 heteroatoms. The maximum absolute atomic E-state index is 10.8. The molecule has 1 aromatic rings. The topological polar surface area (TPSA) is 61.5 Å². The van der Waals surface area contributed by atoms with Crippen molar-refractivity contribution in [1.82, 2.24) is 15.2 Å². The van der Waals surface area contributed by atoms with Crippen molar-refractivity contribution in [3.63, 3.8) is 0 Å². The summed E-state index contributed by atoms with van der Waals surface area (Å²) in [5.41, 5.74) is -0.185. The van der Waals surface area contributed by atoms with Gasteiger partial charge in [0, 0.05) is 5.92 Å². The molecule has 1 aliphatic rings. The van der Waals surface area contributed by atoms with Crippen molar-refractivity contribution in [2.75, 3.05) is 0 Å². The molecular formula is C8H13N3O. The smallest absolute Gasteiger partial charge is 0.293 e. The van der Waals surface area contributed by atoms with E-state index in [9.17, 15) is 4.79 Å². The van der Waals surface area contributed by atoms with Gasteiger partial charge in [-0.15, -0.1) is 0 Å². The lowest BCUT2D eigenvalue weighted by Crippen LogP contribution is -2.08. The summed E-state index contributed by atoms with van der Waals surface area (Å²) in [5, 5.41) is 6.35. The highest BCUT2D eigenvalue weighted by Gasteiger charge is 2.17. The summed E-state index contributed by atoms with van der Waals surface area (Å²) >= 11 is 0. The van der Waals surface area contributed by atoms with Crippen molar-refractivity contribution < 1.29 is 0 Å². The van der Waals surface area contributed by atoms with Crippen LogP contribution in [0, 0.1) is 0 Å². The Kier molecular flexibility index (Phi) is 1.98. The highest BCUT2D eigenvalue weighted by atomic mass is 16.1. The predicted molar refractivity (Wildman–Crippen MR) is 45.0 cm³/mol. The molecule has 0 bridgehead atoms. The first kappa shape index (κ1) is 7.58. The van der Waals surface area contributed by atoms with Gasteiger partial charge in [-0.3, -0.25) is 4.98 Å². The van der Waals surface area contributed by atoms with Crippen molar-refractivity contribution >= 4 is 0 Å². The second-order valence-corrected chi connectivity index (χ2v) is 3.40. The van der Waals surface area contributed by atoms with Crippen LogP contribution >= 0.6 is 0 Å². The first-order valence-electron chi connectivity index (χ1n) is 4.51. The molecule has 1 aliphatic carbocycles. The maximum Gasteiger partial charge on any atom is 0.340 e. The molecule has 1 saturated carbocycles. The lowest BCUT2D eigenvalue weighted by Gasteiger charge is -2.18. The highest BCUT2D eigenvalue weighted by Crippen LogP contribution is 2.29. The molecular weight excluding hydrogens is 154 g/mol. The molecule has 1 fully saturated rings. The van der Waals surface area contributed by atoms with Crippen LogP contribution < -0.4 is 5.69 Å². The van der Waals surface area contributed by atoms with Crippen molar-refractivity contribution in [3.05, 3.63) is 16.3 Å². The molecule has 0 spiro atoms. The first-order valence-corrected chi connectivity index (χ1v) is 4.51. The summed E-state index contributed by atoms with van der Waals surface area (Å²) < 4.78 is 0. The van der Waals surface area contributed by atoms with E-state index in [2.05, 4.69) is 15.2 Å². The summed E-state index contributed by atoms with van der Waals surface area (Å²) in [7, 11) is 0. The normalized spacial score (nSPS) is 19.7. The Morgan fingerprint density at radius 3 is 2.58 bits per heavy atom. The number of H-pyrrole nitrogens is 2. The van der Waals surface area contributed by atoms with Gasteiger partial charge in [-0.25, -0.2) is 9.89 Å². The molecule has 66 valence electrons. The van der Waals surface area contributed by atoms with Gasteiger partial charge in [-0.05, 0) is 12.8 Å². The van der Waals surface area contributed by atoms with Crippen molar-refractivity contribution in [2.45, 2.75) is 38.0 Å². The van der Waals surface area contributed by atoms with Gasteiger partial charge in [0.25, 0.3) is 0 Å². The molecule has 12 heavy (non-hydrogen) atoms. The SMILES string of the molecule is O=c1[nH]nc(C2CCCCC2)[nH]1. The van der Waals surface area contributed by atoms with Crippen molar-refractivity contribution in [2.24, 2.45) is 0 Å². The van der Waals surface area contributed by atoms with Gasteiger partial charge in [0.2, 0.25) is 0 Å². The average Bonchev–Trinajstić information content (AvgIpc) is 2.54. The number of aromatic amines is 2. The molecule has 0 aromatic carbocycles. The molecule has 0 atom stereocenters. The minimum absolute atomic E-state index is 0.185. The Balaban J connectivity index is 2.13. The van der Waals surface area contributed by atoms with E-state index in [-0.39, 0.29) is 5.69 Å². The highest BCUT2D eigenvalue weighted by molar-refractivity contribution is 4.94. The van der Waals surface area contributed by atoms with Crippen LogP contribution in [0.25, 0.3) is 0 Å². The molecule has 0 aliphatic heterocycles. The quantitative estimate of drug-likeness (QED) is 0.659. The minimum Gasteiger partial charge on any atom is -0.293 e. The van der Waals surface area contributed by atoms with Gasteiger partial charge >= 0.3 is 5.69 Å². The fourth-order valence-corrected chi connectivity index (χ4v) is 1.85. The number of nitrogens with one attached hydrogen (secondary N) is 2. The van der Waals surface area contributed by atoms with Gasteiger partial charge in [0.1, 0.15) is 5.82 Å². The zero-order chi connectivity index (χ0) is 8.39. The average molecular weight is 167 g/mol. The first-order chi connectivity index (χ1) is 5.86. The predicted octanol–water partition coefficient (Wildman–Crippen LogP) is 1.15. The zero-order valence-corrected chi connectivity index (χ0v) is 6.97. The molecule has 1 aromatic heterocycles. The van der Waals surface area contributed by atoms with Crippen LogP contribution in [0.2, 0.25) is 0 Å². The van der Waals surface area contributed by atoms with Crippen LogP contribution in [-0.4, -0.2) is 15.2 Å². The van der Waals surface area contributed by atoms with E-state index >= 15 is 0 Å². The summed E-state index contributed by atoms with van der Waals surface area (Å²) in [6.07, 6.45) is 6.19. The van der Waals surface area contributed by atoms with E-state index < -0.39 is 0 Å². The molecule has 2 rings (SSSR count). The number of nitrogens with zero attached hydrogens (tertiary/aromatic N) is 1. The van der Waals surface area contributed by atoms with Crippen molar-refractivity contribution in [3.8, 4) is 0 Å². The Morgan fingerprint density at radius 1 is 1.25 bits per heavy atom.